The van der Waals surface area contributed by atoms with E-state index in [-0.39, 0.29) is 17.7 Å². The van der Waals surface area contributed by atoms with Gasteiger partial charge < -0.3 is 15.2 Å². The molecule has 2 rings (SSSR count). The Morgan fingerprint density at radius 3 is 2.79 bits per heavy atom. The van der Waals surface area contributed by atoms with Crippen molar-refractivity contribution in [2.45, 2.75) is 58.3 Å². The maximum atomic E-state index is 6.00. The van der Waals surface area contributed by atoms with E-state index in [1.54, 1.807) is 0 Å². The molecule has 1 aromatic carbocycles. The van der Waals surface area contributed by atoms with Crippen molar-refractivity contribution in [3.05, 3.63) is 29.3 Å². The molecule has 0 saturated carbocycles. The van der Waals surface area contributed by atoms with Crippen LogP contribution < -0.4 is 10.5 Å². The lowest BCUT2D eigenvalue weighted by Crippen LogP contribution is -2.24. The van der Waals surface area contributed by atoms with Gasteiger partial charge in [0.1, 0.15) is 12.4 Å². The first kappa shape index (κ1) is 14.4. The van der Waals surface area contributed by atoms with Crippen molar-refractivity contribution < 1.29 is 9.47 Å². The van der Waals surface area contributed by atoms with Gasteiger partial charge in [-0.25, -0.2) is 0 Å². The van der Waals surface area contributed by atoms with E-state index in [0.29, 0.717) is 6.61 Å². The Kier molecular flexibility index (Phi) is 4.16. The molecular weight excluding hydrogens is 238 g/mol. The van der Waals surface area contributed by atoms with Gasteiger partial charge in [-0.05, 0) is 46.6 Å². The molecule has 3 nitrogen and oxygen atoms in total. The van der Waals surface area contributed by atoms with Crippen LogP contribution in [0.15, 0.2) is 18.2 Å². The highest BCUT2D eigenvalue weighted by Gasteiger charge is 2.32. The molecule has 1 fully saturated rings. The fourth-order valence-electron chi connectivity index (χ4n) is 2.53. The molecule has 2 N–H and O–H groups in total. The lowest BCUT2D eigenvalue weighted by molar-refractivity contribution is -0.0327. The minimum absolute atomic E-state index is 0.00864. The maximum absolute atomic E-state index is 6.00. The molecule has 0 aliphatic carbocycles. The highest BCUT2D eigenvalue weighted by atomic mass is 16.6. The normalized spacial score (nSPS) is 23.3. The van der Waals surface area contributed by atoms with Crippen molar-refractivity contribution >= 4 is 0 Å². The summed E-state index contributed by atoms with van der Waals surface area (Å²) < 4.78 is 11.9. The Morgan fingerprint density at radius 1 is 1.47 bits per heavy atom. The highest BCUT2D eigenvalue weighted by molar-refractivity contribution is 5.38. The summed E-state index contributed by atoms with van der Waals surface area (Å²) in [7, 11) is 0. The second-order valence-electron chi connectivity index (χ2n) is 6.18. The molecule has 0 bridgehead atoms. The van der Waals surface area contributed by atoms with E-state index in [4.69, 9.17) is 15.2 Å². The van der Waals surface area contributed by atoms with E-state index in [1.807, 2.05) is 13.0 Å². The Morgan fingerprint density at radius 2 is 2.21 bits per heavy atom. The molecule has 2 unspecified atom stereocenters. The lowest BCUT2D eigenvalue weighted by Gasteiger charge is -2.20. The van der Waals surface area contributed by atoms with E-state index < -0.39 is 0 Å². The van der Waals surface area contributed by atoms with Crippen LogP contribution in [0.25, 0.3) is 0 Å². The van der Waals surface area contributed by atoms with E-state index in [1.165, 1.54) is 5.56 Å². The maximum Gasteiger partial charge on any atom is 0.124 e. The van der Waals surface area contributed by atoms with Gasteiger partial charge in [0.05, 0.1) is 11.7 Å². The van der Waals surface area contributed by atoms with Gasteiger partial charge in [-0.3, -0.25) is 0 Å². The molecule has 0 amide bonds. The van der Waals surface area contributed by atoms with Gasteiger partial charge in [0.15, 0.2) is 0 Å². The molecule has 1 heterocycles. The average Bonchev–Trinajstić information content (AvgIpc) is 2.67. The number of ether oxygens (including phenoxy) is 2. The lowest BCUT2D eigenvalue weighted by atomic mass is 10.0. The second-order valence-corrected chi connectivity index (χ2v) is 6.18. The SMILES string of the molecule is Cc1ccc(OCC2CCC(C)(C)O2)c(C(C)N)c1. The summed E-state index contributed by atoms with van der Waals surface area (Å²) in [5.41, 5.74) is 8.26. The van der Waals surface area contributed by atoms with Crippen LogP contribution >= 0.6 is 0 Å². The monoisotopic (exact) mass is 263 g/mol. The molecule has 3 heteroatoms. The third-order valence-corrected chi connectivity index (χ3v) is 3.63. The van der Waals surface area contributed by atoms with E-state index in [9.17, 15) is 0 Å². The molecule has 2 atom stereocenters. The predicted molar refractivity (Wildman–Crippen MR) is 77.5 cm³/mol. The van der Waals surface area contributed by atoms with Gasteiger partial charge in [0, 0.05) is 11.6 Å². The summed E-state index contributed by atoms with van der Waals surface area (Å²) in [5, 5.41) is 0. The largest absolute Gasteiger partial charge is 0.491 e. The topological polar surface area (TPSA) is 44.5 Å². The second kappa shape index (κ2) is 5.51. The third kappa shape index (κ3) is 3.71. The zero-order valence-corrected chi connectivity index (χ0v) is 12.4. The Balaban J connectivity index is 2.00. The number of hydrogen-bond acceptors (Lipinski definition) is 3. The molecular formula is C16H25NO2. The molecule has 1 aliphatic rings. The summed E-state index contributed by atoms with van der Waals surface area (Å²) in [6.45, 7) is 8.92. The number of nitrogens with two attached hydrogens (primary N) is 1. The van der Waals surface area contributed by atoms with E-state index in [2.05, 4.69) is 32.9 Å². The number of aryl methyl sites for hydroxylation is 1. The van der Waals surface area contributed by atoms with E-state index in [0.717, 1.165) is 24.2 Å². The van der Waals surface area contributed by atoms with Crippen LogP contribution in [0.4, 0.5) is 0 Å². The minimum atomic E-state index is -0.0177. The van der Waals surface area contributed by atoms with Crippen LogP contribution in [-0.2, 0) is 4.74 Å². The van der Waals surface area contributed by atoms with Gasteiger partial charge in [0.2, 0.25) is 0 Å². The van der Waals surface area contributed by atoms with Crippen LogP contribution in [0.5, 0.6) is 5.75 Å². The smallest absolute Gasteiger partial charge is 0.124 e. The minimum Gasteiger partial charge on any atom is -0.491 e. The van der Waals surface area contributed by atoms with Gasteiger partial charge in [-0.15, -0.1) is 0 Å². The average molecular weight is 263 g/mol. The highest BCUT2D eigenvalue weighted by Crippen LogP contribution is 2.31. The van der Waals surface area contributed by atoms with Crippen molar-refractivity contribution in [2.75, 3.05) is 6.61 Å². The molecule has 106 valence electrons. The van der Waals surface area contributed by atoms with E-state index >= 15 is 0 Å². The predicted octanol–water partition coefficient (Wildman–Crippen LogP) is 3.35. The first-order valence-corrected chi connectivity index (χ1v) is 7.04. The van der Waals surface area contributed by atoms with Gasteiger partial charge >= 0.3 is 0 Å². The van der Waals surface area contributed by atoms with Crippen LogP contribution in [0.3, 0.4) is 0 Å². The van der Waals surface area contributed by atoms with Crippen LogP contribution in [0, 0.1) is 6.92 Å². The van der Waals surface area contributed by atoms with Gasteiger partial charge in [-0.1, -0.05) is 17.7 Å². The fourth-order valence-corrected chi connectivity index (χ4v) is 2.53. The van der Waals surface area contributed by atoms with Crippen molar-refractivity contribution in [1.82, 2.24) is 0 Å². The van der Waals surface area contributed by atoms with Crippen molar-refractivity contribution in [3.63, 3.8) is 0 Å². The zero-order valence-electron chi connectivity index (χ0n) is 12.4. The molecule has 0 radical (unpaired) electrons. The zero-order chi connectivity index (χ0) is 14.0. The number of rotatable bonds is 4. The summed E-state index contributed by atoms with van der Waals surface area (Å²) in [6.07, 6.45) is 2.35. The number of benzene rings is 1. The summed E-state index contributed by atoms with van der Waals surface area (Å²) in [4.78, 5) is 0. The molecule has 1 aromatic rings. The first-order chi connectivity index (χ1) is 8.87. The molecule has 1 aliphatic heterocycles. The van der Waals surface area contributed by atoms with Crippen molar-refractivity contribution in [3.8, 4) is 5.75 Å². The van der Waals surface area contributed by atoms with Gasteiger partial charge in [-0.2, -0.15) is 0 Å². The number of hydrogen-bond donors (Lipinski definition) is 1. The molecule has 0 aromatic heterocycles. The summed E-state index contributed by atoms with van der Waals surface area (Å²) in [6, 6.07) is 6.14. The van der Waals surface area contributed by atoms with Gasteiger partial charge in [0.25, 0.3) is 0 Å². The fraction of sp³-hybridized carbons (Fsp3) is 0.625. The molecule has 0 spiro atoms. The third-order valence-electron chi connectivity index (χ3n) is 3.63. The summed E-state index contributed by atoms with van der Waals surface area (Å²) in [5.74, 6) is 0.883. The Bertz CT molecular complexity index is 440. The Labute approximate surface area is 116 Å². The molecule has 1 saturated heterocycles. The quantitative estimate of drug-likeness (QED) is 0.906. The van der Waals surface area contributed by atoms with Crippen molar-refractivity contribution in [2.24, 2.45) is 5.73 Å². The summed E-state index contributed by atoms with van der Waals surface area (Å²) >= 11 is 0. The Hall–Kier alpha value is -1.06. The van der Waals surface area contributed by atoms with Crippen LogP contribution in [0.1, 0.15) is 50.8 Å². The standard InChI is InChI=1S/C16H25NO2/c1-11-5-6-15(14(9-11)12(2)17)18-10-13-7-8-16(3,4)19-13/h5-6,9,12-13H,7-8,10,17H2,1-4H3. The molecule has 19 heavy (non-hydrogen) atoms. The van der Waals surface area contributed by atoms with Crippen LogP contribution in [-0.4, -0.2) is 18.3 Å². The van der Waals surface area contributed by atoms with Crippen LogP contribution in [0.2, 0.25) is 0 Å². The van der Waals surface area contributed by atoms with Crippen molar-refractivity contribution in [1.29, 1.82) is 0 Å². The first-order valence-electron chi connectivity index (χ1n) is 7.04.